The number of aliphatic hydroxyl groups is 1. The van der Waals surface area contributed by atoms with Gasteiger partial charge in [-0.2, -0.15) is 0 Å². The number of allylic oxidation sites excluding steroid dienone is 3. The van der Waals surface area contributed by atoms with Crippen LogP contribution in [0.3, 0.4) is 0 Å². The Balaban J connectivity index is 0. The third-order valence-electron chi connectivity index (χ3n) is 0.948. The average Bonchev–Trinajstić information content (AvgIpc) is 2.04. The molecule has 66 valence electrons. The highest BCUT2D eigenvalue weighted by Gasteiger charge is 1.83. The van der Waals surface area contributed by atoms with Crippen molar-refractivity contribution in [2.75, 3.05) is 0 Å². The number of hydrogen-bond donors (Lipinski definition) is 1. The predicted octanol–water partition coefficient (Wildman–Crippen LogP) is 3.69. The standard InChI is InChI=1S/C8H14O.C2H6/c1-4-8(9)6-5-7(2)3;1-2/h4-7,9H,1-3H3;1-2H3/b6-5-,8-4+;. The Kier molecular flexibility index (Phi) is 10.9. The molecule has 1 heteroatoms. The lowest BCUT2D eigenvalue weighted by atomic mass is 10.2. The van der Waals surface area contributed by atoms with Gasteiger partial charge in [0, 0.05) is 0 Å². The molecule has 0 fully saturated rings. The molecule has 0 radical (unpaired) electrons. The third kappa shape index (κ3) is 12.5. The first kappa shape index (κ1) is 12.9. The highest BCUT2D eigenvalue weighted by Crippen LogP contribution is 1.97. The van der Waals surface area contributed by atoms with E-state index >= 15 is 0 Å². The summed E-state index contributed by atoms with van der Waals surface area (Å²) in [6, 6.07) is 0. The molecular formula is C10H20O. The number of hydrogen-bond acceptors (Lipinski definition) is 1. The van der Waals surface area contributed by atoms with Gasteiger partial charge < -0.3 is 5.11 Å². The van der Waals surface area contributed by atoms with Crippen LogP contribution in [0.1, 0.15) is 34.6 Å². The molecule has 0 saturated heterocycles. The van der Waals surface area contributed by atoms with E-state index in [9.17, 15) is 0 Å². The van der Waals surface area contributed by atoms with Crippen LogP contribution in [0, 0.1) is 5.92 Å². The van der Waals surface area contributed by atoms with Gasteiger partial charge >= 0.3 is 0 Å². The van der Waals surface area contributed by atoms with Gasteiger partial charge in [0.15, 0.2) is 0 Å². The largest absolute Gasteiger partial charge is 0.508 e. The summed E-state index contributed by atoms with van der Waals surface area (Å²) < 4.78 is 0. The molecule has 0 saturated carbocycles. The van der Waals surface area contributed by atoms with Crippen LogP contribution in [-0.2, 0) is 0 Å². The van der Waals surface area contributed by atoms with E-state index in [1.807, 2.05) is 19.9 Å². The summed E-state index contributed by atoms with van der Waals surface area (Å²) in [7, 11) is 0. The molecule has 0 spiro atoms. The molecule has 0 amide bonds. The van der Waals surface area contributed by atoms with Crippen LogP contribution in [-0.4, -0.2) is 5.11 Å². The monoisotopic (exact) mass is 156 g/mol. The zero-order chi connectivity index (χ0) is 9.28. The molecule has 0 bridgehead atoms. The van der Waals surface area contributed by atoms with Crippen molar-refractivity contribution in [2.24, 2.45) is 5.92 Å². The summed E-state index contributed by atoms with van der Waals surface area (Å²) in [6.45, 7) is 9.94. The second-order valence-electron chi connectivity index (χ2n) is 2.32. The van der Waals surface area contributed by atoms with Gasteiger partial charge in [0.25, 0.3) is 0 Å². The first-order chi connectivity index (χ1) is 5.16. The van der Waals surface area contributed by atoms with Crippen molar-refractivity contribution < 1.29 is 5.11 Å². The van der Waals surface area contributed by atoms with Gasteiger partial charge in [0.2, 0.25) is 0 Å². The van der Waals surface area contributed by atoms with Crippen LogP contribution in [0.2, 0.25) is 0 Å². The van der Waals surface area contributed by atoms with Crippen LogP contribution in [0.25, 0.3) is 0 Å². The van der Waals surface area contributed by atoms with Crippen molar-refractivity contribution in [3.63, 3.8) is 0 Å². The van der Waals surface area contributed by atoms with Crippen molar-refractivity contribution in [2.45, 2.75) is 34.6 Å². The summed E-state index contributed by atoms with van der Waals surface area (Å²) in [4.78, 5) is 0. The maximum absolute atomic E-state index is 8.88. The molecule has 1 nitrogen and oxygen atoms in total. The van der Waals surface area contributed by atoms with Gasteiger partial charge in [0.05, 0.1) is 0 Å². The van der Waals surface area contributed by atoms with Crippen LogP contribution >= 0.6 is 0 Å². The van der Waals surface area contributed by atoms with Crippen molar-refractivity contribution >= 4 is 0 Å². The number of rotatable bonds is 2. The fourth-order valence-electron chi connectivity index (χ4n) is 0.387. The minimum absolute atomic E-state index is 0.337. The molecule has 11 heavy (non-hydrogen) atoms. The maximum atomic E-state index is 8.88. The second-order valence-corrected chi connectivity index (χ2v) is 2.32. The Bertz CT molecular complexity index is 121. The third-order valence-corrected chi connectivity index (χ3v) is 0.948. The van der Waals surface area contributed by atoms with E-state index in [1.54, 1.807) is 19.1 Å². The molecule has 0 aliphatic rings. The first-order valence-electron chi connectivity index (χ1n) is 4.20. The SMILES string of the molecule is C/C=C(O)\C=C/C(C)C.CC. The van der Waals surface area contributed by atoms with Crippen LogP contribution in [0.15, 0.2) is 24.0 Å². The zero-order valence-corrected chi connectivity index (χ0v) is 8.26. The van der Waals surface area contributed by atoms with Gasteiger partial charge in [-0.3, -0.25) is 0 Å². The first-order valence-corrected chi connectivity index (χ1v) is 4.20. The second kappa shape index (κ2) is 9.28. The fourth-order valence-corrected chi connectivity index (χ4v) is 0.387. The highest BCUT2D eigenvalue weighted by molar-refractivity contribution is 5.09. The predicted molar refractivity (Wildman–Crippen MR) is 51.7 cm³/mol. The maximum Gasteiger partial charge on any atom is 0.111 e. The molecule has 1 N–H and O–H groups in total. The van der Waals surface area contributed by atoms with Gasteiger partial charge in [-0.05, 0) is 25.0 Å². The molecule has 0 aromatic carbocycles. The Morgan fingerprint density at radius 2 is 1.73 bits per heavy atom. The van der Waals surface area contributed by atoms with E-state index in [4.69, 9.17) is 5.11 Å². The van der Waals surface area contributed by atoms with Crippen LogP contribution in [0.4, 0.5) is 0 Å². The summed E-state index contributed by atoms with van der Waals surface area (Å²) in [5, 5.41) is 8.88. The molecule has 0 rings (SSSR count). The lowest BCUT2D eigenvalue weighted by Crippen LogP contribution is -1.78. The average molecular weight is 156 g/mol. The highest BCUT2D eigenvalue weighted by atomic mass is 16.3. The molecule has 0 atom stereocenters. The molecular weight excluding hydrogens is 136 g/mol. The minimum Gasteiger partial charge on any atom is -0.508 e. The Labute approximate surface area is 70.4 Å². The van der Waals surface area contributed by atoms with Crippen molar-refractivity contribution in [1.82, 2.24) is 0 Å². The minimum atomic E-state index is 0.337. The van der Waals surface area contributed by atoms with Crippen LogP contribution in [0.5, 0.6) is 0 Å². The quantitative estimate of drug-likeness (QED) is 0.477. The van der Waals surface area contributed by atoms with Crippen molar-refractivity contribution in [3.05, 3.63) is 24.0 Å². The normalized spacial score (nSPS) is 11.6. The lowest BCUT2D eigenvalue weighted by molar-refractivity contribution is 0.430. The van der Waals surface area contributed by atoms with Crippen molar-refractivity contribution in [1.29, 1.82) is 0 Å². The van der Waals surface area contributed by atoms with Gasteiger partial charge in [-0.15, -0.1) is 0 Å². The van der Waals surface area contributed by atoms with E-state index in [2.05, 4.69) is 13.8 Å². The zero-order valence-electron chi connectivity index (χ0n) is 8.26. The van der Waals surface area contributed by atoms with Gasteiger partial charge in [0.1, 0.15) is 5.76 Å². The summed E-state index contributed by atoms with van der Waals surface area (Å²) >= 11 is 0. The van der Waals surface area contributed by atoms with Gasteiger partial charge in [-0.25, -0.2) is 0 Å². The molecule has 0 heterocycles. The topological polar surface area (TPSA) is 20.2 Å². The Hall–Kier alpha value is -0.720. The van der Waals surface area contributed by atoms with E-state index in [1.165, 1.54) is 0 Å². The van der Waals surface area contributed by atoms with E-state index in [-0.39, 0.29) is 0 Å². The lowest BCUT2D eigenvalue weighted by Gasteiger charge is -1.91. The number of aliphatic hydroxyl groups excluding tert-OH is 1. The summed E-state index contributed by atoms with van der Waals surface area (Å²) in [5.41, 5.74) is 0. The molecule has 0 aromatic rings. The van der Waals surface area contributed by atoms with Crippen LogP contribution < -0.4 is 0 Å². The smallest absolute Gasteiger partial charge is 0.111 e. The Morgan fingerprint density at radius 1 is 1.27 bits per heavy atom. The fraction of sp³-hybridized carbons (Fsp3) is 0.600. The van der Waals surface area contributed by atoms with E-state index in [0.29, 0.717) is 11.7 Å². The molecule has 0 aliphatic heterocycles. The summed E-state index contributed by atoms with van der Waals surface area (Å²) in [6.07, 6.45) is 5.33. The van der Waals surface area contributed by atoms with E-state index in [0.717, 1.165) is 0 Å². The summed E-state index contributed by atoms with van der Waals surface area (Å²) in [5.74, 6) is 0.843. The Morgan fingerprint density at radius 3 is 2.00 bits per heavy atom. The molecule has 0 aliphatic carbocycles. The molecule has 0 unspecified atom stereocenters. The molecule has 0 aromatic heterocycles. The van der Waals surface area contributed by atoms with Gasteiger partial charge in [-0.1, -0.05) is 33.8 Å². The van der Waals surface area contributed by atoms with E-state index < -0.39 is 0 Å². The van der Waals surface area contributed by atoms with Crippen molar-refractivity contribution in [3.8, 4) is 0 Å².